The highest BCUT2D eigenvalue weighted by molar-refractivity contribution is 8.20. The molecule has 108 valence electrons. The number of hydrogen-bond donors (Lipinski definition) is 1. The predicted molar refractivity (Wildman–Crippen MR) is 82.9 cm³/mol. The molecule has 0 aliphatic carbocycles. The average molecular weight is 311 g/mol. The molecule has 1 aliphatic rings. The molecule has 6 heteroatoms. The van der Waals surface area contributed by atoms with Gasteiger partial charge in [0, 0.05) is 11.5 Å². The van der Waals surface area contributed by atoms with Crippen molar-refractivity contribution in [3.05, 3.63) is 35.9 Å². The third-order valence-electron chi connectivity index (χ3n) is 2.82. The maximum atomic E-state index is 11.7. The third kappa shape index (κ3) is 5.09. The SMILES string of the molecule is O=C[C@H](CC1SCCS1)NC(=O)OCc1ccccc1. The van der Waals surface area contributed by atoms with Crippen LogP contribution < -0.4 is 5.32 Å². The summed E-state index contributed by atoms with van der Waals surface area (Å²) in [5.74, 6) is 2.22. The molecule has 1 fully saturated rings. The molecule has 0 spiro atoms. The Bertz CT molecular complexity index is 435. The summed E-state index contributed by atoms with van der Waals surface area (Å²) in [5, 5.41) is 2.61. The van der Waals surface area contributed by atoms with E-state index in [9.17, 15) is 9.59 Å². The van der Waals surface area contributed by atoms with Crippen molar-refractivity contribution in [2.75, 3.05) is 11.5 Å². The van der Waals surface area contributed by atoms with E-state index < -0.39 is 12.1 Å². The molecule has 1 aromatic carbocycles. The van der Waals surface area contributed by atoms with Gasteiger partial charge in [-0.2, -0.15) is 0 Å². The van der Waals surface area contributed by atoms with Gasteiger partial charge in [-0.15, -0.1) is 23.5 Å². The number of ether oxygens (including phenoxy) is 1. The fourth-order valence-corrected chi connectivity index (χ4v) is 4.76. The van der Waals surface area contributed by atoms with Gasteiger partial charge in [-0.1, -0.05) is 30.3 Å². The van der Waals surface area contributed by atoms with Crippen LogP contribution in [0.1, 0.15) is 12.0 Å². The van der Waals surface area contributed by atoms with E-state index in [1.807, 2.05) is 53.9 Å². The van der Waals surface area contributed by atoms with Gasteiger partial charge in [0.25, 0.3) is 0 Å². The minimum atomic E-state index is -0.543. The topological polar surface area (TPSA) is 55.4 Å². The van der Waals surface area contributed by atoms with Crippen LogP contribution in [0.25, 0.3) is 0 Å². The summed E-state index contributed by atoms with van der Waals surface area (Å²) in [6.45, 7) is 0.213. The second-order valence-corrected chi connectivity index (χ2v) is 7.28. The van der Waals surface area contributed by atoms with Crippen LogP contribution in [0, 0.1) is 0 Å². The highest BCUT2D eigenvalue weighted by Gasteiger charge is 2.22. The van der Waals surface area contributed by atoms with Crippen molar-refractivity contribution in [2.24, 2.45) is 0 Å². The van der Waals surface area contributed by atoms with E-state index in [0.29, 0.717) is 11.0 Å². The second-order valence-electron chi connectivity index (χ2n) is 4.36. The van der Waals surface area contributed by atoms with Crippen molar-refractivity contribution in [2.45, 2.75) is 23.7 Å². The molecule has 1 atom stereocenters. The lowest BCUT2D eigenvalue weighted by molar-refractivity contribution is -0.109. The van der Waals surface area contributed by atoms with Crippen LogP contribution in [0.3, 0.4) is 0 Å². The molecule has 0 saturated carbocycles. The number of rotatable bonds is 6. The molecule has 0 aromatic heterocycles. The molecule has 2 rings (SSSR count). The number of amides is 1. The lowest BCUT2D eigenvalue weighted by Crippen LogP contribution is -2.37. The van der Waals surface area contributed by atoms with Crippen molar-refractivity contribution in [3.63, 3.8) is 0 Å². The van der Waals surface area contributed by atoms with Gasteiger partial charge in [-0.25, -0.2) is 4.79 Å². The van der Waals surface area contributed by atoms with Gasteiger partial charge in [0.2, 0.25) is 0 Å². The van der Waals surface area contributed by atoms with Gasteiger partial charge in [0.1, 0.15) is 12.9 Å². The van der Waals surface area contributed by atoms with E-state index >= 15 is 0 Å². The highest BCUT2D eigenvalue weighted by atomic mass is 32.2. The summed E-state index contributed by atoms with van der Waals surface area (Å²) in [7, 11) is 0. The number of hydrogen-bond acceptors (Lipinski definition) is 5. The number of benzene rings is 1. The third-order valence-corrected chi connectivity index (χ3v) is 5.90. The minimum Gasteiger partial charge on any atom is -0.445 e. The van der Waals surface area contributed by atoms with Crippen LogP contribution in [0.4, 0.5) is 4.79 Å². The smallest absolute Gasteiger partial charge is 0.408 e. The fourth-order valence-electron chi connectivity index (χ4n) is 1.82. The highest BCUT2D eigenvalue weighted by Crippen LogP contribution is 2.34. The van der Waals surface area contributed by atoms with Crippen LogP contribution in [-0.4, -0.2) is 34.5 Å². The lowest BCUT2D eigenvalue weighted by Gasteiger charge is -2.15. The van der Waals surface area contributed by atoms with Gasteiger partial charge < -0.3 is 14.8 Å². The Hall–Kier alpha value is -1.14. The molecule has 0 bridgehead atoms. The molecule has 0 unspecified atom stereocenters. The summed E-state index contributed by atoms with van der Waals surface area (Å²) in [6.07, 6.45) is 0.890. The van der Waals surface area contributed by atoms with Gasteiger partial charge in [0.15, 0.2) is 0 Å². The van der Waals surface area contributed by atoms with Gasteiger partial charge in [0.05, 0.1) is 10.6 Å². The summed E-state index contributed by atoms with van der Waals surface area (Å²) in [4.78, 5) is 22.7. The first-order valence-electron chi connectivity index (χ1n) is 6.43. The van der Waals surface area contributed by atoms with E-state index in [1.165, 1.54) is 0 Å². The zero-order chi connectivity index (χ0) is 14.2. The maximum Gasteiger partial charge on any atom is 0.408 e. The van der Waals surface area contributed by atoms with Crippen LogP contribution in [0.15, 0.2) is 30.3 Å². The maximum absolute atomic E-state index is 11.7. The first-order chi connectivity index (χ1) is 9.78. The van der Waals surface area contributed by atoms with Crippen molar-refractivity contribution in [1.82, 2.24) is 5.32 Å². The molecular weight excluding hydrogens is 294 g/mol. The number of aldehydes is 1. The van der Waals surface area contributed by atoms with Crippen molar-refractivity contribution in [1.29, 1.82) is 0 Å². The van der Waals surface area contributed by atoms with Crippen LogP contribution in [-0.2, 0) is 16.1 Å². The van der Waals surface area contributed by atoms with E-state index in [1.54, 1.807) is 0 Å². The van der Waals surface area contributed by atoms with E-state index in [2.05, 4.69) is 5.32 Å². The average Bonchev–Trinajstić information content (AvgIpc) is 2.98. The van der Waals surface area contributed by atoms with Crippen molar-refractivity contribution in [3.8, 4) is 0 Å². The van der Waals surface area contributed by atoms with Gasteiger partial charge in [-0.3, -0.25) is 0 Å². The Labute approximate surface area is 127 Å². The van der Waals surface area contributed by atoms with E-state index in [4.69, 9.17) is 4.74 Å². The van der Waals surface area contributed by atoms with Crippen LogP contribution in [0.5, 0.6) is 0 Å². The molecule has 0 radical (unpaired) electrons. The Balaban J connectivity index is 1.72. The van der Waals surface area contributed by atoms with Crippen molar-refractivity contribution < 1.29 is 14.3 Å². The number of carbonyl (C=O) groups is 2. The molecule has 1 aromatic rings. The molecule has 1 saturated heterocycles. The van der Waals surface area contributed by atoms with E-state index in [-0.39, 0.29) is 6.61 Å². The molecular formula is C14H17NO3S2. The molecule has 1 heterocycles. The standard InChI is InChI=1S/C14H17NO3S2/c16-9-12(8-13-19-6-7-20-13)15-14(17)18-10-11-4-2-1-3-5-11/h1-5,9,12-13H,6-8,10H2,(H,15,17)/t12-/m0/s1. The van der Waals surface area contributed by atoms with E-state index in [0.717, 1.165) is 23.4 Å². The normalized spacial score (nSPS) is 16.6. The predicted octanol–water partition coefficient (Wildman–Crippen LogP) is 2.68. The molecule has 20 heavy (non-hydrogen) atoms. The Morgan fingerprint density at radius 3 is 2.70 bits per heavy atom. The summed E-state index contributed by atoms with van der Waals surface area (Å²) < 4.78 is 5.49. The van der Waals surface area contributed by atoms with Crippen LogP contribution >= 0.6 is 23.5 Å². The molecule has 1 N–H and O–H groups in total. The lowest BCUT2D eigenvalue weighted by atomic mass is 10.2. The van der Waals surface area contributed by atoms with Crippen LogP contribution in [0.2, 0.25) is 0 Å². The Morgan fingerprint density at radius 2 is 2.05 bits per heavy atom. The zero-order valence-electron chi connectivity index (χ0n) is 11.0. The number of carbonyl (C=O) groups excluding carboxylic acids is 2. The first kappa shape index (κ1) is 15.3. The number of alkyl carbamates (subject to hydrolysis) is 1. The zero-order valence-corrected chi connectivity index (χ0v) is 12.6. The quantitative estimate of drug-likeness (QED) is 0.819. The number of thioether (sulfide) groups is 2. The van der Waals surface area contributed by atoms with Crippen molar-refractivity contribution >= 4 is 35.9 Å². The molecule has 1 aliphatic heterocycles. The first-order valence-corrected chi connectivity index (χ1v) is 8.53. The second kappa shape index (κ2) is 8.21. The Kier molecular flexibility index (Phi) is 6.26. The minimum absolute atomic E-state index is 0.213. The Morgan fingerprint density at radius 1 is 1.35 bits per heavy atom. The van der Waals surface area contributed by atoms with Gasteiger partial charge in [-0.05, 0) is 12.0 Å². The summed E-state index contributed by atoms with van der Waals surface area (Å²) in [6, 6.07) is 8.98. The summed E-state index contributed by atoms with van der Waals surface area (Å²) >= 11 is 3.67. The molecule has 4 nitrogen and oxygen atoms in total. The summed E-state index contributed by atoms with van der Waals surface area (Å²) in [5.41, 5.74) is 0.923. The van der Waals surface area contributed by atoms with Gasteiger partial charge >= 0.3 is 6.09 Å². The fraction of sp³-hybridized carbons (Fsp3) is 0.429. The largest absolute Gasteiger partial charge is 0.445 e. The molecule has 1 amide bonds. The monoisotopic (exact) mass is 311 g/mol. The number of nitrogens with one attached hydrogen (secondary N) is 1.